The number of aryl methyl sites for hydroxylation is 1. The molecule has 0 unspecified atom stereocenters. The number of ether oxygens (including phenoxy) is 3. The van der Waals surface area contributed by atoms with Crippen LogP contribution < -0.4 is 14.8 Å². The van der Waals surface area contributed by atoms with Crippen molar-refractivity contribution in [1.29, 1.82) is 0 Å². The molecule has 0 bridgehead atoms. The van der Waals surface area contributed by atoms with Crippen LogP contribution in [0.2, 0.25) is 0 Å². The molecular formula is C18H23N3O3. The lowest BCUT2D eigenvalue weighted by atomic mass is 10.0. The fraction of sp³-hybridized carbons (Fsp3) is 0.500. The van der Waals surface area contributed by atoms with Gasteiger partial charge in [-0.15, -0.1) is 0 Å². The number of rotatable bonds is 5. The highest BCUT2D eigenvalue weighted by Gasteiger charge is 2.30. The molecule has 0 spiro atoms. The number of para-hydroxylation sites is 1. The van der Waals surface area contributed by atoms with Crippen LogP contribution in [0.25, 0.3) is 0 Å². The van der Waals surface area contributed by atoms with E-state index in [4.69, 9.17) is 14.2 Å². The van der Waals surface area contributed by atoms with Crippen LogP contribution in [0.3, 0.4) is 0 Å². The summed E-state index contributed by atoms with van der Waals surface area (Å²) in [7, 11) is 0. The predicted octanol–water partition coefficient (Wildman–Crippen LogP) is 2.64. The second-order valence-electron chi connectivity index (χ2n) is 6.14. The molecule has 0 radical (unpaired) electrons. The summed E-state index contributed by atoms with van der Waals surface area (Å²) in [5.74, 6) is 2.69. The van der Waals surface area contributed by atoms with E-state index in [1.54, 1.807) is 0 Å². The SMILES string of the molecule is CCn1ccnc1[C@H]1OCCC[C@@H]1NCc1cccc2c1OCO2. The largest absolute Gasteiger partial charge is 0.454 e. The van der Waals surface area contributed by atoms with Gasteiger partial charge >= 0.3 is 0 Å². The molecule has 128 valence electrons. The van der Waals surface area contributed by atoms with E-state index in [0.29, 0.717) is 6.79 Å². The van der Waals surface area contributed by atoms with Crippen molar-refractivity contribution in [2.75, 3.05) is 13.4 Å². The van der Waals surface area contributed by atoms with Gasteiger partial charge < -0.3 is 24.1 Å². The Morgan fingerprint density at radius 1 is 1.33 bits per heavy atom. The molecule has 1 aromatic carbocycles. The molecule has 2 aliphatic rings. The van der Waals surface area contributed by atoms with E-state index in [2.05, 4.69) is 27.9 Å². The first kappa shape index (κ1) is 15.5. The Morgan fingerprint density at radius 2 is 2.29 bits per heavy atom. The zero-order chi connectivity index (χ0) is 16.4. The van der Waals surface area contributed by atoms with Crippen molar-refractivity contribution in [3.8, 4) is 11.5 Å². The van der Waals surface area contributed by atoms with Crippen LogP contribution in [-0.4, -0.2) is 29.0 Å². The molecule has 2 aliphatic heterocycles. The zero-order valence-corrected chi connectivity index (χ0v) is 13.9. The number of aromatic nitrogens is 2. The topological polar surface area (TPSA) is 57.5 Å². The normalized spacial score (nSPS) is 22.7. The van der Waals surface area contributed by atoms with E-state index in [-0.39, 0.29) is 12.1 Å². The maximum atomic E-state index is 6.06. The third kappa shape index (κ3) is 2.87. The van der Waals surface area contributed by atoms with Crippen molar-refractivity contribution < 1.29 is 14.2 Å². The molecule has 2 aromatic rings. The number of fused-ring (bicyclic) bond motifs is 1. The number of hydrogen-bond acceptors (Lipinski definition) is 5. The first-order chi connectivity index (χ1) is 11.9. The maximum Gasteiger partial charge on any atom is 0.231 e. The van der Waals surface area contributed by atoms with Crippen molar-refractivity contribution in [2.45, 2.75) is 45.0 Å². The van der Waals surface area contributed by atoms with Crippen molar-refractivity contribution >= 4 is 0 Å². The average molecular weight is 329 g/mol. The molecule has 1 N–H and O–H groups in total. The summed E-state index contributed by atoms with van der Waals surface area (Å²) in [6.45, 7) is 4.84. The summed E-state index contributed by atoms with van der Waals surface area (Å²) < 4.78 is 19.3. The van der Waals surface area contributed by atoms with Crippen molar-refractivity contribution in [3.63, 3.8) is 0 Å². The van der Waals surface area contributed by atoms with Crippen LogP contribution in [0.4, 0.5) is 0 Å². The van der Waals surface area contributed by atoms with Gasteiger partial charge in [-0.2, -0.15) is 0 Å². The molecule has 6 heteroatoms. The molecule has 2 atom stereocenters. The highest BCUT2D eigenvalue weighted by molar-refractivity contribution is 5.48. The lowest BCUT2D eigenvalue weighted by Gasteiger charge is -2.32. The number of benzene rings is 1. The Morgan fingerprint density at radius 3 is 3.21 bits per heavy atom. The van der Waals surface area contributed by atoms with E-state index in [9.17, 15) is 0 Å². The van der Waals surface area contributed by atoms with Gasteiger partial charge in [0.25, 0.3) is 0 Å². The highest BCUT2D eigenvalue weighted by Crippen LogP contribution is 2.36. The molecule has 0 saturated carbocycles. The first-order valence-corrected chi connectivity index (χ1v) is 8.60. The Labute approximate surface area is 141 Å². The summed E-state index contributed by atoms with van der Waals surface area (Å²) in [4.78, 5) is 4.53. The van der Waals surface area contributed by atoms with Gasteiger partial charge in [-0.05, 0) is 25.8 Å². The lowest BCUT2D eigenvalue weighted by Crippen LogP contribution is -2.40. The van der Waals surface area contributed by atoms with Gasteiger partial charge in [-0.3, -0.25) is 0 Å². The minimum Gasteiger partial charge on any atom is -0.454 e. The van der Waals surface area contributed by atoms with E-state index >= 15 is 0 Å². The molecular weight excluding hydrogens is 306 g/mol. The lowest BCUT2D eigenvalue weighted by molar-refractivity contribution is -0.0182. The van der Waals surface area contributed by atoms with Crippen LogP contribution >= 0.6 is 0 Å². The molecule has 4 rings (SSSR count). The van der Waals surface area contributed by atoms with Gasteiger partial charge in [0.2, 0.25) is 6.79 Å². The highest BCUT2D eigenvalue weighted by atomic mass is 16.7. The summed E-state index contributed by atoms with van der Waals surface area (Å²) in [5, 5.41) is 3.64. The van der Waals surface area contributed by atoms with E-state index < -0.39 is 0 Å². The third-order valence-electron chi connectivity index (χ3n) is 4.70. The average Bonchev–Trinajstić information content (AvgIpc) is 3.29. The second-order valence-corrected chi connectivity index (χ2v) is 6.14. The third-order valence-corrected chi connectivity index (χ3v) is 4.70. The van der Waals surface area contributed by atoms with Crippen molar-refractivity contribution in [2.24, 2.45) is 0 Å². The number of hydrogen-bond donors (Lipinski definition) is 1. The molecule has 6 nitrogen and oxygen atoms in total. The summed E-state index contributed by atoms with van der Waals surface area (Å²) >= 11 is 0. The summed E-state index contributed by atoms with van der Waals surface area (Å²) in [6, 6.07) is 6.26. The fourth-order valence-corrected chi connectivity index (χ4v) is 3.46. The second kappa shape index (κ2) is 6.83. The van der Waals surface area contributed by atoms with E-state index in [1.165, 1.54) is 0 Å². The van der Waals surface area contributed by atoms with E-state index in [0.717, 1.165) is 55.4 Å². The van der Waals surface area contributed by atoms with Gasteiger partial charge in [0.15, 0.2) is 11.5 Å². The standard InChI is InChI=1S/C18H23N3O3/c1-2-21-9-8-19-18(21)17-14(6-4-10-22-17)20-11-13-5-3-7-15-16(13)24-12-23-15/h3,5,7-9,14,17,20H,2,4,6,10-12H2,1H3/t14-,17-/m0/s1. The summed E-state index contributed by atoms with van der Waals surface area (Å²) in [5.41, 5.74) is 1.12. The fourth-order valence-electron chi connectivity index (χ4n) is 3.46. The monoisotopic (exact) mass is 329 g/mol. The smallest absolute Gasteiger partial charge is 0.231 e. The molecule has 1 aromatic heterocycles. The van der Waals surface area contributed by atoms with E-state index in [1.807, 2.05) is 24.5 Å². The van der Waals surface area contributed by atoms with Crippen LogP contribution in [0.15, 0.2) is 30.6 Å². The van der Waals surface area contributed by atoms with Crippen LogP contribution in [-0.2, 0) is 17.8 Å². The van der Waals surface area contributed by atoms with Crippen molar-refractivity contribution in [1.82, 2.24) is 14.9 Å². The molecule has 1 saturated heterocycles. The Hall–Kier alpha value is -2.05. The molecule has 0 amide bonds. The Bertz CT molecular complexity index is 701. The minimum absolute atomic E-state index is 0.0115. The van der Waals surface area contributed by atoms with Gasteiger partial charge in [-0.25, -0.2) is 4.98 Å². The number of nitrogens with one attached hydrogen (secondary N) is 1. The van der Waals surface area contributed by atoms with Gasteiger partial charge in [0, 0.05) is 43.7 Å². The molecule has 1 fully saturated rings. The quantitative estimate of drug-likeness (QED) is 0.914. The maximum absolute atomic E-state index is 6.06. The Balaban J connectivity index is 1.49. The summed E-state index contributed by atoms with van der Waals surface area (Å²) in [6.07, 6.45) is 5.99. The van der Waals surface area contributed by atoms with Crippen LogP contribution in [0.1, 0.15) is 37.3 Å². The predicted molar refractivity (Wildman–Crippen MR) is 89.0 cm³/mol. The van der Waals surface area contributed by atoms with Crippen LogP contribution in [0, 0.1) is 0 Å². The first-order valence-electron chi connectivity index (χ1n) is 8.60. The Kier molecular flexibility index (Phi) is 4.40. The molecule has 0 aliphatic carbocycles. The number of imidazole rings is 1. The van der Waals surface area contributed by atoms with Crippen molar-refractivity contribution in [3.05, 3.63) is 42.0 Å². The van der Waals surface area contributed by atoms with Gasteiger partial charge in [0.05, 0.1) is 0 Å². The zero-order valence-electron chi connectivity index (χ0n) is 13.9. The minimum atomic E-state index is -0.0115. The van der Waals surface area contributed by atoms with Gasteiger partial charge in [-0.1, -0.05) is 12.1 Å². The number of nitrogens with zero attached hydrogens (tertiary/aromatic N) is 2. The molecule has 3 heterocycles. The van der Waals surface area contributed by atoms with Gasteiger partial charge in [0.1, 0.15) is 11.9 Å². The molecule has 24 heavy (non-hydrogen) atoms. The van der Waals surface area contributed by atoms with Crippen LogP contribution in [0.5, 0.6) is 11.5 Å².